The van der Waals surface area contributed by atoms with Crippen LogP contribution in [-0.4, -0.2) is 45.0 Å². The Labute approximate surface area is 203 Å². The van der Waals surface area contributed by atoms with Gasteiger partial charge in [-0.1, -0.05) is 20.8 Å². The summed E-state index contributed by atoms with van der Waals surface area (Å²) in [7, 11) is 4.20. The molecular formula is C27H42O7. The van der Waals surface area contributed by atoms with Gasteiger partial charge < -0.3 is 14.2 Å². The van der Waals surface area contributed by atoms with Gasteiger partial charge in [0.25, 0.3) is 0 Å². The van der Waals surface area contributed by atoms with Gasteiger partial charge in [-0.15, -0.1) is 0 Å². The Kier molecular flexibility index (Phi) is 8.14. The lowest BCUT2D eigenvalue weighted by Gasteiger charge is -2.58. The summed E-state index contributed by atoms with van der Waals surface area (Å²) in [4.78, 5) is 50.4. The molecule has 0 bridgehead atoms. The quantitative estimate of drug-likeness (QED) is 0.378. The molecule has 3 rings (SSSR count). The molecule has 3 saturated carbocycles. The lowest BCUT2D eigenvalue weighted by molar-refractivity contribution is -0.171. The summed E-state index contributed by atoms with van der Waals surface area (Å²) < 4.78 is 14.9. The molecule has 192 valence electrons. The maximum Gasteiger partial charge on any atom is 0.309 e. The lowest BCUT2D eigenvalue weighted by Crippen LogP contribution is -2.57. The van der Waals surface area contributed by atoms with Gasteiger partial charge >= 0.3 is 17.9 Å². The molecule has 0 aromatic carbocycles. The van der Waals surface area contributed by atoms with E-state index in [2.05, 4.69) is 20.8 Å². The number of hydrogen-bond donors (Lipinski definition) is 0. The Morgan fingerprint density at radius 2 is 1.56 bits per heavy atom. The molecule has 0 spiro atoms. The summed E-state index contributed by atoms with van der Waals surface area (Å²) in [6, 6.07) is 0. The van der Waals surface area contributed by atoms with Gasteiger partial charge in [-0.05, 0) is 73.5 Å². The van der Waals surface area contributed by atoms with E-state index in [1.165, 1.54) is 21.3 Å². The monoisotopic (exact) mass is 478 g/mol. The largest absolute Gasteiger partial charge is 0.469 e. The van der Waals surface area contributed by atoms with Crippen molar-refractivity contribution in [3.63, 3.8) is 0 Å². The van der Waals surface area contributed by atoms with Gasteiger partial charge in [0.15, 0.2) is 0 Å². The fourth-order valence-electron chi connectivity index (χ4n) is 8.12. The molecular weight excluding hydrogens is 436 g/mol. The zero-order chi connectivity index (χ0) is 25.3. The molecule has 3 aliphatic rings. The van der Waals surface area contributed by atoms with Gasteiger partial charge in [-0.3, -0.25) is 19.2 Å². The van der Waals surface area contributed by atoms with Crippen molar-refractivity contribution in [1.29, 1.82) is 0 Å². The van der Waals surface area contributed by atoms with Crippen molar-refractivity contribution < 1.29 is 33.4 Å². The number of carbonyl (C=O) groups is 4. The van der Waals surface area contributed by atoms with Crippen LogP contribution in [0.2, 0.25) is 0 Å². The van der Waals surface area contributed by atoms with Gasteiger partial charge in [0.2, 0.25) is 0 Å². The third-order valence-corrected chi connectivity index (χ3v) is 10.1. The van der Waals surface area contributed by atoms with Gasteiger partial charge in [0.1, 0.15) is 5.78 Å². The Morgan fingerprint density at radius 1 is 0.912 bits per heavy atom. The molecule has 0 N–H and O–H groups in total. The van der Waals surface area contributed by atoms with Crippen LogP contribution < -0.4 is 0 Å². The number of fused-ring (bicyclic) bond motifs is 3. The molecule has 7 heteroatoms. The number of esters is 3. The normalized spacial score (nSPS) is 37.8. The first-order valence-corrected chi connectivity index (χ1v) is 12.8. The second-order valence-electron chi connectivity index (χ2n) is 11.3. The highest BCUT2D eigenvalue weighted by Gasteiger charge is 2.64. The standard InChI is InChI=1S/C27H42O7/c1-16(7-12-23(29)32-4)18-10-11-19-17-8-9-20(25(31)34-6)26(2,14-13-24(30)33-5)21(17)15-22(28)27(18,19)3/h16-21H,7-15H2,1-6H3/t16-,17+,18+,19-,20-,21-,26+,27-/m1/s1. The van der Waals surface area contributed by atoms with Crippen molar-refractivity contribution in [2.24, 2.45) is 46.3 Å². The third kappa shape index (κ3) is 4.51. The van der Waals surface area contributed by atoms with Crippen LogP contribution in [0.25, 0.3) is 0 Å². The third-order valence-electron chi connectivity index (χ3n) is 10.1. The molecule has 0 radical (unpaired) electrons. The summed E-state index contributed by atoms with van der Waals surface area (Å²) in [6.45, 7) is 6.39. The van der Waals surface area contributed by atoms with E-state index in [-0.39, 0.29) is 59.7 Å². The summed E-state index contributed by atoms with van der Waals surface area (Å²) in [5.74, 6) is 0.365. The van der Waals surface area contributed by atoms with E-state index in [1.54, 1.807) is 0 Å². The summed E-state index contributed by atoms with van der Waals surface area (Å²) >= 11 is 0. The maximum atomic E-state index is 13.9. The molecule has 0 saturated heterocycles. The minimum absolute atomic E-state index is 0.0460. The number of ether oxygens (including phenoxy) is 3. The summed E-state index contributed by atoms with van der Waals surface area (Å²) in [6.07, 6.45) is 5.87. The van der Waals surface area contributed by atoms with Crippen molar-refractivity contribution in [2.75, 3.05) is 21.3 Å². The second-order valence-corrected chi connectivity index (χ2v) is 11.3. The SMILES string of the molecule is COC(=O)CC[C@@H](C)[C@@H]1CC[C@@H]2[C@@H]3CC[C@H](C(=O)OC)[C@](C)(CCC(=O)OC)[C@@H]3CC(=O)[C@@]21C. The average Bonchev–Trinajstić information content (AvgIpc) is 3.20. The number of carbonyl (C=O) groups excluding carboxylic acids is 4. The van der Waals surface area contributed by atoms with Crippen molar-refractivity contribution in [3.8, 4) is 0 Å². The molecule has 3 aliphatic carbocycles. The predicted molar refractivity (Wildman–Crippen MR) is 125 cm³/mol. The Morgan fingerprint density at radius 3 is 2.18 bits per heavy atom. The van der Waals surface area contributed by atoms with E-state index < -0.39 is 10.8 Å². The molecule has 3 fully saturated rings. The summed E-state index contributed by atoms with van der Waals surface area (Å²) in [5.41, 5.74) is -0.895. The van der Waals surface area contributed by atoms with E-state index in [0.29, 0.717) is 25.2 Å². The van der Waals surface area contributed by atoms with E-state index in [1.807, 2.05) is 0 Å². The smallest absolute Gasteiger partial charge is 0.309 e. The minimum atomic E-state index is -0.490. The van der Waals surface area contributed by atoms with Gasteiger partial charge in [0, 0.05) is 24.7 Å². The maximum absolute atomic E-state index is 13.9. The van der Waals surface area contributed by atoms with Crippen LogP contribution in [0.5, 0.6) is 0 Å². The van der Waals surface area contributed by atoms with Gasteiger partial charge in [-0.2, -0.15) is 0 Å². The minimum Gasteiger partial charge on any atom is -0.469 e. The zero-order valence-corrected chi connectivity index (χ0v) is 21.7. The lowest BCUT2D eigenvalue weighted by atomic mass is 9.45. The van der Waals surface area contributed by atoms with Crippen molar-refractivity contribution in [3.05, 3.63) is 0 Å². The number of Topliss-reactive ketones (excluding diaryl/α,β-unsaturated/α-hetero) is 1. The van der Waals surface area contributed by atoms with E-state index in [0.717, 1.165) is 32.1 Å². The average molecular weight is 479 g/mol. The first-order chi connectivity index (χ1) is 16.0. The first-order valence-electron chi connectivity index (χ1n) is 12.8. The second kappa shape index (κ2) is 10.4. The Balaban J connectivity index is 1.87. The Hall–Kier alpha value is -1.92. The molecule has 0 aromatic heterocycles. The Bertz CT molecular complexity index is 807. The molecule has 0 unspecified atom stereocenters. The van der Waals surface area contributed by atoms with Crippen LogP contribution in [-0.2, 0) is 33.4 Å². The molecule has 8 atom stereocenters. The highest BCUT2D eigenvalue weighted by Crippen LogP contribution is 2.66. The first kappa shape index (κ1) is 26.7. The van der Waals surface area contributed by atoms with E-state index in [4.69, 9.17) is 14.2 Å². The molecule has 0 aliphatic heterocycles. The molecule has 0 amide bonds. The highest BCUT2D eigenvalue weighted by molar-refractivity contribution is 5.87. The topological polar surface area (TPSA) is 96.0 Å². The van der Waals surface area contributed by atoms with Crippen LogP contribution in [0.15, 0.2) is 0 Å². The molecule has 0 aromatic rings. The van der Waals surface area contributed by atoms with Crippen molar-refractivity contribution in [2.45, 2.75) is 78.6 Å². The fraction of sp³-hybridized carbons (Fsp3) is 0.852. The van der Waals surface area contributed by atoms with Crippen LogP contribution in [0, 0.1) is 46.3 Å². The fourth-order valence-corrected chi connectivity index (χ4v) is 8.12. The van der Waals surface area contributed by atoms with Crippen LogP contribution in [0.3, 0.4) is 0 Å². The molecule has 7 nitrogen and oxygen atoms in total. The van der Waals surface area contributed by atoms with Crippen LogP contribution in [0.4, 0.5) is 0 Å². The number of methoxy groups -OCH3 is 3. The van der Waals surface area contributed by atoms with Crippen molar-refractivity contribution >= 4 is 23.7 Å². The van der Waals surface area contributed by atoms with E-state index >= 15 is 0 Å². The van der Waals surface area contributed by atoms with Gasteiger partial charge in [0.05, 0.1) is 27.2 Å². The van der Waals surface area contributed by atoms with Gasteiger partial charge in [-0.25, -0.2) is 0 Å². The van der Waals surface area contributed by atoms with Crippen LogP contribution in [0.1, 0.15) is 78.6 Å². The highest BCUT2D eigenvalue weighted by atomic mass is 16.5. The van der Waals surface area contributed by atoms with Crippen LogP contribution >= 0.6 is 0 Å². The number of hydrogen-bond acceptors (Lipinski definition) is 7. The predicted octanol–water partition coefficient (Wildman–Crippen LogP) is 4.36. The summed E-state index contributed by atoms with van der Waals surface area (Å²) in [5, 5.41) is 0. The number of rotatable bonds is 8. The molecule has 34 heavy (non-hydrogen) atoms. The van der Waals surface area contributed by atoms with E-state index in [9.17, 15) is 19.2 Å². The number of ketones is 1. The zero-order valence-electron chi connectivity index (χ0n) is 21.7. The molecule has 0 heterocycles. The van der Waals surface area contributed by atoms with Crippen molar-refractivity contribution in [1.82, 2.24) is 0 Å².